The number of rotatable bonds is 3. The molecule has 0 amide bonds. The maximum absolute atomic E-state index is 9.12. The molecule has 2 heterocycles. The van der Waals surface area contributed by atoms with Crippen LogP contribution in [0.2, 0.25) is 0 Å². The maximum Gasteiger partial charge on any atom is 0.156 e. The molecule has 0 saturated carbocycles. The highest BCUT2D eigenvalue weighted by atomic mass is 79.9. The third-order valence-electron chi connectivity index (χ3n) is 4.03. The number of aryl methyl sites for hydroxylation is 1. The summed E-state index contributed by atoms with van der Waals surface area (Å²) in [6, 6.07) is 13.7. The van der Waals surface area contributed by atoms with Gasteiger partial charge in [-0.2, -0.15) is 5.10 Å². The Bertz CT molecular complexity index is 978. The highest BCUT2D eigenvalue weighted by Crippen LogP contribution is 2.27. The minimum atomic E-state index is 0.0417. The van der Waals surface area contributed by atoms with Crippen LogP contribution >= 0.6 is 15.9 Å². The first-order chi connectivity index (χ1) is 11.6. The standard InChI is InChI=1S/C18H15BrN4O/c1-10-6-15-16(7-13(10)19)21-18(20-15)17-8-14(22-23-17)12-4-2-11(9-24)3-5-12/h2-8,24H,9H2,1H3,(H,20,21)(H,22,23). The van der Waals surface area contributed by atoms with Gasteiger partial charge in [0.2, 0.25) is 0 Å². The molecule has 2 aromatic heterocycles. The van der Waals surface area contributed by atoms with Gasteiger partial charge in [0.1, 0.15) is 5.69 Å². The SMILES string of the molecule is Cc1cc2[nH]c(-c3cc(-c4ccc(CO)cc4)n[nH]3)nc2cc1Br. The Morgan fingerprint density at radius 2 is 1.92 bits per heavy atom. The van der Waals surface area contributed by atoms with Crippen molar-refractivity contribution >= 4 is 27.0 Å². The van der Waals surface area contributed by atoms with Gasteiger partial charge in [-0.1, -0.05) is 40.2 Å². The monoisotopic (exact) mass is 382 g/mol. The molecule has 0 bridgehead atoms. The van der Waals surface area contributed by atoms with Gasteiger partial charge in [0.25, 0.3) is 0 Å². The molecule has 0 fully saturated rings. The Morgan fingerprint density at radius 1 is 1.12 bits per heavy atom. The molecular formula is C18H15BrN4O. The lowest BCUT2D eigenvalue weighted by Crippen LogP contribution is -1.83. The lowest BCUT2D eigenvalue weighted by atomic mass is 10.1. The highest BCUT2D eigenvalue weighted by molar-refractivity contribution is 9.10. The first-order valence-electron chi connectivity index (χ1n) is 7.56. The minimum absolute atomic E-state index is 0.0417. The molecular weight excluding hydrogens is 368 g/mol. The van der Waals surface area contributed by atoms with Crippen LogP contribution in [0, 0.1) is 6.92 Å². The molecule has 0 aliphatic carbocycles. The van der Waals surface area contributed by atoms with Crippen LogP contribution in [0.1, 0.15) is 11.1 Å². The molecule has 0 saturated heterocycles. The van der Waals surface area contributed by atoms with Crippen molar-refractivity contribution in [2.75, 3.05) is 0 Å². The van der Waals surface area contributed by atoms with Crippen LogP contribution in [-0.2, 0) is 6.61 Å². The fourth-order valence-corrected chi connectivity index (χ4v) is 2.97. The number of fused-ring (bicyclic) bond motifs is 1. The van der Waals surface area contributed by atoms with Gasteiger partial charge in [-0.25, -0.2) is 4.98 Å². The number of nitrogens with one attached hydrogen (secondary N) is 2. The molecule has 24 heavy (non-hydrogen) atoms. The van der Waals surface area contributed by atoms with Crippen LogP contribution in [0.25, 0.3) is 33.8 Å². The van der Waals surface area contributed by atoms with E-state index in [9.17, 15) is 0 Å². The molecule has 6 heteroatoms. The van der Waals surface area contributed by atoms with E-state index in [1.54, 1.807) is 0 Å². The van der Waals surface area contributed by atoms with Gasteiger partial charge in [-0.05, 0) is 36.2 Å². The van der Waals surface area contributed by atoms with Crippen LogP contribution in [0.5, 0.6) is 0 Å². The number of hydrogen-bond acceptors (Lipinski definition) is 3. The summed E-state index contributed by atoms with van der Waals surface area (Å²) in [5, 5.41) is 16.5. The summed E-state index contributed by atoms with van der Waals surface area (Å²) in [6.07, 6.45) is 0. The zero-order valence-electron chi connectivity index (χ0n) is 13.0. The van der Waals surface area contributed by atoms with Crippen LogP contribution in [0.3, 0.4) is 0 Å². The number of benzene rings is 2. The quantitative estimate of drug-likeness (QED) is 0.497. The highest BCUT2D eigenvalue weighted by Gasteiger charge is 2.11. The van der Waals surface area contributed by atoms with Crippen molar-refractivity contribution in [3.05, 3.63) is 58.1 Å². The van der Waals surface area contributed by atoms with Crippen molar-refractivity contribution in [2.45, 2.75) is 13.5 Å². The van der Waals surface area contributed by atoms with E-state index >= 15 is 0 Å². The Hall–Kier alpha value is -2.44. The van der Waals surface area contributed by atoms with E-state index in [2.05, 4.69) is 42.2 Å². The maximum atomic E-state index is 9.12. The number of H-pyrrole nitrogens is 2. The number of halogens is 1. The van der Waals surface area contributed by atoms with E-state index in [-0.39, 0.29) is 6.61 Å². The minimum Gasteiger partial charge on any atom is -0.392 e. The number of aromatic amines is 2. The number of aliphatic hydroxyl groups is 1. The topological polar surface area (TPSA) is 77.6 Å². The summed E-state index contributed by atoms with van der Waals surface area (Å²) in [4.78, 5) is 7.96. The van der Waals surface area contributed by atoms with E-state index in [0.29, 0.717) is 0 Å². The van der Waals surface area contributed by atoms with Gasteiger partial charge in [-0.15, -0.1) is 0 Å². The third kappa shape index (κ3) is 2.64. The first kappa shape index (κ1) is 15.1. The molecule has 0 spiro atoms. The molecule has 2 aromatic carbocycles. The molecule has 0 aliphatic rings. The normalized spacial score (nSPS) is 11.3. The predicted octanol–water partition coefficient (Wildman–Crippen LogP) is 4.18. The number of aliphatic hydroxyl groups excluding tert-OH is 1. The molecule has 0 atom stereocenters. The van der Waals surface area contributed by atoms with Crippen LogP contribution < -0.4 is 0 Å². The molecule has 3 N–H and O–H groups in total. The molecule has 0 unspecified atom stereocenters. The van der Waals surface area contributed by atoms with Crippen molar-refractivity contribution in [1.29, 1.82) is 0 Å². The van der Waals surface area contributed by atoms with E-state index in [4.69, 9.17) is 5.11 Å². The predicted molar refractivity (Wildman–Crippen MR) is 97.5 cm³/mol. The first-order valence-corrected chi connectivity index (χ1v) is 8.35. The Labute approximate surface area is 146 Å². The number of nitrogens with zero attached hydrogens (tertiary/aromatic N) is 2. The van der Waals surface area contributed by atoms with Gasteiger partial charge in [0.05, 0.1) is 23.3 Å². The third-order valence-corrected chi connectivity index (χ3v) is 4.88. The van der Waals surface area contributed by atoms with Gasteiger partial charge < -0.3 is 10.1 Å². The van der Waals surface area contributed by atoms with Crippen molar-refractivity contribution in [3.63, 3.8) is 0 Å². The Balaban J connectivity index is 1.71. The van der Waals surface area contributed by atoms with Gasteiger partial charge >= 0.3 is 0 Å². The second-order valence-corrected chi connectivity index (χ2v) is 6.58. The molecule has 4 rings (SSSR count). The fraction of sp³-hybridized carbons (Fsp3) is 0.111. The molecule has 5 nitrogen and oxygen atoms in total. The number of aromatic nitrogens is 4. The number of imidazole rings is 1. The Kier molecular flexibility index (Phi) is 3.70. The van der Waals surface area contributed by atoms with Gasteiger partial charge in [-0.3, -0.25) is 5.10 Å². The largest absolute Gasteiger partial charge is 0.392 e. The zero-order valence-corrected chi connectivity index (χ0v) is 14.6. The summed E-state index contributed by atoms with van der Waals surface area (Å²) in [5.41, 5.74) is 6.61. The van der Waals surface area contributed by atoms with Crippen molar-refractivity contribution in [2.24, 2.45) is 0 Å². The summed E-state index contributed by atoms with van der Waals surface area (Å²) in [5.74, 6) is 0.758. The van der Waals surface area contributed by atoms with Crippen LogP contribution in [0.4, 0.5) is 0 Å². The smallest absolute Gasteiger partial charge is 0.156 e. The Morgan fingerprint density at radius 3 is 2.67 bits per heavy atom. The van der Waals surface area contributed by atoms with Crippen molar-refractivity contribution in [1.82, 2.24) is 20.2 Å². The molecule has 4 aromatic rings. The van der Waals surface area contributed by atoms with Crippen molar-refractivity contribution in [3.8, 4) is 22.8 Å². The van der Waals surface area contributed by atoms with Crippen LogP contribution in [-0.4, -0.2) is 25.3 Å². The molecule has 120 valence electrons. The summed E-state index contributed by atoms with van der Waals surface area (Å²) >= 11 is 3.54. The molecule has 0 aliphatic heterocycles. The lowest BCUT2D eigenvalue weighted by Gasteiger charge is -1.98. The lowest BCUT2D eigenvalue weighted by molar-refractivity contribution is 0.282. The second-order valence-electron chi connectivity index (χ2n) is 5.73. The number of hydrogen-bond donors (Lipinski definition) is 3. The molecule has 0 radical (unpaired) electrons. The van der Waals surface area contributed by atoms with E-state index in [1.807, 2.05) is 43.3 Å². The average Bonchev–Trinajstić information content (AvgIpc) is 3.22. The van der Waals surface area contributed by atoms with E-state index < -0.39 is 0 Å². The zero-order chi connectivity index (χ0) is 16.7. The van der Waals surface area contributed by atoms with E-state index in [0.717, 1.165) is 49.4 Å². The van der Waals surface area contributed by atoms with E-state index in [1.165, 1.54) is 0 Å². The second kappa shape index (κ2) is 5.89. The van der Waals surface area contributed by atoms with Crippen LogP contribution in [0.15, 0.2) is 46.9 Å². The van der Waals surface area contributed by atoms with Crippen molar-refractivity contribution < 1.29 is 5.11 Å². The average molecular weight is 383 g/mol. The summed E-state index contributed by atoms with van der Waals surface area (Å²) in [7, 11) is 0. The van der Waals surface area contributed by atoms with Gasteiger partial charge in [0.15, 0.2) is 5.82 Å². The fourth-order valence-electron chi connectivity index (χ4n) is 2.64. The summed E-state index contributed by atoms with van der Waals surface area (Å²) < 4.78 is 1.04. The summed E-state index contributed by atoms with van der Waals surface area (Å²) in [6.45, 7) is 2.09. The van der Waals surface area contributed by atoms with Gasteiger partial charge in [0, 0.05) is 10.0 Å².